The molecule has 0 fully saturated rings. The highest BCUT2D eigenvalue weighted by Gasteiger charge is 2.29. The Kier molecular flexibility index (Phi) is 6.11. The fourth-order valence-corrected chi connectivity index (χ4v) is 2.57. The van der Waals surface area contributed by atoms with E-state index < -0.39 is 30.1 Å². The monoisotopic (exact) mass is 356 g/mol. The molecule has 2 aromatic carbocycles. The van der Waals surface area contributed by atoms with Gasteiger partial charge >= 0.3 is 11.9 Å². The number of rotatable bonds is 8. The molecule has 0 aliphatic rings. The van der Waals surface area contributed by atoms with Gasteiger partial charge in [-0.1, -0.05) is 30.3 Å². The van der Waals surface area contributed by atoms with Crippen LogP contribution in [0.1, 0.15) is 33.5 Å². The Hall–Kier alpha value is -3.15. The fourth-order valence-electron chi connectivity index (χ4n) is 2.57. The minimum Gasteiger partial charge on any atom is -0.489 e. The maximum absolute atomic E-state index is 12.2. The Morgan fingerprint density at radius 3 is 2.12 bits per heavy atom. The number of carboxylic acids is 2. The number of benzene rings is 2. The molecule has 0 radical (unpaired) electrons. The fraction of sp³-hybridized carbons (Fsp3) is 0.250. The molecule has 26 heavy (non-hydrogen) atoms. The molecule has 2 N–H and O–H groups in total. The second-order valence-corrected chi connectivity index (χ2v) is 6.04. The van der Waals surface area contributed by atoms with E-state index in [4.69, 9.17) is 14.9 Å². The number of ketones is 1. The lowest BCUT2D eigenvalue weighted by Gasteiger charge is -2.12. The summed E-state index contributed by atoms with van der Waals surface area (Å²) in [7, 11) is 0. The van der Waals surface area contributed by atoms with Crippen LogP contribution >= 0.6 is 0 Å². The van der Waals surface area contributed by atoms with Crippen molar-refractivity contribution in [1.82, 2.24) is 0 Å². The van der Waals surface area contributed by atoms with Crippen molar-refractivity contribution in [3.8, 4) is 5.75 Å². The first-order valence-corrected chi connectivity index (χ1v) is 8.06. The molecule has 0 atom stereocenters. The summed E-state index contributed by atoms with van der Waals surface area (Å²) in [6.07, 6.45) is -0.606. The molecule has 0 aromatic heterocycles. The van der Waals surface area contributed by atoms with E-state index in [1.807, 2.05) is 32.0 Å². The number of carbonyl (C=O) groups is 3. The quantitative estimate of drug-likeness (QED) is 0.556. The number of carbonyl (C=O) groups excluding carboxylic acids is 1. The lowest BCUT2D eigenvalue weighted by molar-refractivity contribution is -0.154. The molecule has 0 saturated heterocycles. The van der Waals surface area contributed by atoms with E-state index in [1.54, 1.807) is 12.1 Å². The zero-order valence-corrected chi connectivity index (χ0v) is 14.6. The van der Waals surface area contributed by atoms with Gasteiger partial charge in [-0.15, -0.1) is 0 Å². The van der Waals surface area contributed by atoms with Crippen molar-refractivity contribution in [2.24, 2.45) is 5.92 Å². The molecule has 6 nitrogen and oxygen atoms in total. The second kappa shape index (κ2) is 8.29. The predicted molar refractivity (Wildman–Crippen MR) is 94.4 cm³/mol. The lowest BCUT2D eigenvalue weighted by atomic mass is 9.98. The van der Waals surface area contributed by atoms with Crippen molar-refractivity contribution in [2.75, 3.05) is 0 Å². The van der Waals surface area contributed by atoms with Crippen molar-refractivity contribution >= 4 is 17.7 Å². The van der Waals surface area contributed by atoms with Crippen LogP contribution < -0.4 is 4.74 Å². The van der Waals surface area contributed by atoms with Crippen LogP contribution in [0.25, 0.3) is 0 Å². The number of carboxylic acid groups (broad SMARTS) is 2. The molecule has 0 spiro atoms. The van der Waals surface area contributed by atoms with Crippen LogP contribution in [0.2, 0.25) is 0 Å². The molecule has 0 aliphatic carbocycles. The molecule has 0 aliphatic heterocycles. The summed E-state index contributed by atoms with van der Waals surface area (Å²) in [5.74, 6) is -4.93. The van der Waals surface area contributed by atoms with Gasteiger partial charge in [0.15, 0.2) is 11.7 Å². The molecule has 2 aromatic rings. The smallest absolute Gasteiger partial charge is 0.318 e. The van der Waals surface area contributed by atoms with Crippen LogP contribution in [0.5, 0.6) is 5.75 Å². The maximum Gasteiger partial charge on any atom is 0.318 e. The summed E-state index contributed by atoms with van der Waals surface area (Å²) in [6.45, 7) is 4.32. The SMILES string of the molecule is Cc1cccc(C)c1COc1cccc(C(=O)CC(C(=O)O)C(=O)O)c1. The Balaban J connectivity index is 2.11. The summed E-state index contributed by atoms with van der Waals surface area (Å²) in [5, 5.41) is 17.8. The minimum atomic E-state index is -1.76. The number of aryl methyl sites for hydroxylation is 2. The molecule has 6 heteroatoms. The zero-order chi connectivity index (χ0) is 19.3. The van der Waals surface area contributed by atoms with Crippen molar-refractivity contribution in [1.29, 1.82) is 0 Å². The van der Waals surface area contributed by atoms with Gasteiger partial charge in [0.2, 0.25) is 0 Å². The highest BCUT2D eigenvalue weighted by Crippen LogP contribution is 2.20. The van der Waals surface area contributed by atoms with Gasteiger partial charge in [0, 0.05) is 12.0 Å². The standard InChI is InChI=1S/C20H20O6/c1-12-5-3-6-13(2)17(12)11-26-15-8-4-7-14(9-15)18(21)10-16(19(22)23)20(24)25/h3-9,16H,10-11H2,1-2H3,(H,22,23)(H,24,25). The van der Waals surface area contributed by atoms with E-state index in [-0.39, 0.29) is 5.56 Å². The van der Waals surface area contributed by atoms with Gasteiger partial charge in [-0.25, -0.2) is 0 Å². The van der Waals surface area contributed by atoms with Crippen LogP contribution in [0, 0.1) is 19.8 Å². The lowest BCUT2D eigenvalue weighted by Crippen LogP contribution is -2.26. The van der Waals surface area contributed by atoms with Crippen molar-refractivity contribution in [2.45, 2.75) is 26.9 Å². The van der Waals surface area contributed by atoms with Crippen LogP contribution in [-0.4, -0.2) is 27.9 Å². The third kappa shape index (κ3) is 4.69. The number of hydrogen-bond donors (Lipinski definition) is 2. The average Bonchev–Trinajstić information content (AvgIpc) is 2.58. The van der Waals surface area contributed by atoms with Gasteiger partial charge in [-0.3, -0.25) is 14.4 Å². The van der Waals surface area contributed by atoms with Crippen LogP contribution in [-0.2, 0) is 16.2 Å². The van der Waals surface area contributed by atoms with Gasteiger partial charge in [0.1, 0.15) is 12.4 Å². The van der Waals surface area contributed by atoms with E-state index in [0.29, 0.717) is 12.4 Å². The van der Waals surface area contributed by atoms with E-state index in [9.17, 15) is 14.4 Å². The summed E-state index contributed by atoms with van der Waals surface area (Å²) in [6, 6.07) is 12.3. The van der Waals surface area contributed by atoms with E-state index in [1.165, 1.54) is 12.1 Å². The van der Waals surface area contributed by atoms with Crippen molar-refractivity contribution < 1.29 is 29.3 Å². The highest BCUT2D eigenvalue weighted by atomic mass is 16.5. The molecule has 2 rings (SSSR count). The average molecular weight is 356 g/mol. The third-order valence-electron chi connectivity index (χ3n) is 4.17. The molecular formula is C20H20O6. The van der Waals surface area contributed by atoms with Crippen molar-refractivity contribution in [3.63, 3.8) is 0 Å². The number of Topliss-reactive ketones (excluding diaryl/α,β-unsaturated/α-hetero) is 1. The molecule has 136 valence electrons. The largest absolute Gasteiger partial charge is 0.489 e. The Labute approximate surface area is 151 Å². The molecule has 0 bridgehead atoms. The third-order valence-corrected chi connectivity index (χ3v) is 4.17. The first kappa shape index (κ1) is 19.2. The first-order valence-electron chi connectivity index (χ1n) is 8.06. The maximum atomic E-state index is 12.2. The first-order chi connectivity index (χ1) is 12.3. The van der Waals surface area contributed by atoms with Gasteiger partial charge in [0.25, 0.3) is 0 Å². The van der Waals surface area contributed by atoms with Crippen LogP contribution in [0.4, 0.5) is 0 Å². The van der Waals surface area contributed by atoms with Gasteiger partial charge in [-0.2, -0.15) is 0 Å². The highest BCUT2D eigenvalue weighted by molar-refractivity contribution is 6.03. The molecule has 0 saturated carbocycles. The van der Waals surface area contributed by atoms with Gasteiger partial charge < -0.3 is 14.9 Å². The summed E-state index contributed by atoms with van der Waals surface area (Å²) in [5.41, 5.74) is 3.48. The zero-order valence-electron chi connectivity index (χ0n) is 14.6. The normalized spacial score (nSPS) is 10.6. The molecule has 0 unspecified atom stereocenters. The summed E-state index contributed by atoms with van der Waals surface area (Å²) >= 11 is 0. The number of ether oxygens (including phenoxy) is 1. The van der Waals surface area contributed by atoms with E-state index in [2.05, 4.69) is 0 Å². The van der Waals surface area contributed by atoms with E-state index in [0.717, 1.165) is 16.7 Å². The van der Waals surface area contributed by atoms with Crippen LogP contribution in [0.15, 0.2) is 42.5 Å². The van der Waals surface area contributed by atoms with Gasteiger partial charge in [0.05, 0.1) is 0 Å². The number of aliphatic carboxylic acids is 2. The number of hydrogen-bond acceptors (Lipinski definition) is 4. The predicted octanol–water partition coefficient (Wildman–Crippen LogP) is 3.24. The summed E-state index contributed by atoms with van der Waals surface area (Å²) in [4.78, 5) is 34.1. The van der Waals surface area contributed by atoms with Crippen LogP contribution in [0.3, 0.4) is 0 Å². The topological polar surface area (TPSA) is 101 Å². The van der Waals surface area contributed by atoms with Gasteiger partial charge in [-0.05, 0) is 42.7 Å². The molecule has 0 amide bonds. The second-order valence-electron chi connectivity index (χ2n) is 6.04. The Morgan fingerprint density at radius 2 is 1.54 bits per heavy atom. The van der Waals surface area contributed by atoms with E-state index >= 15 is 0 Å². The Morgan fingerprint density at radius 1 is 0.962 bits per heavy atom. The molecular weight excluding hydrogens is 336 g/mol. The summed E-state index contributed by atoms with van der Waals surface area (Å²) < 4.78 is 5.76. The van der Waals surface area contributed by atoms with Crippen molar-refractivity contribution in [3.05, 3.63) is 64.7 Å². The minimum absolute atomic E-state index is 0.219. The molecule has 0 heterocycles. The Bertz CT molecular complexity index is 806.